The van der Waals surface area contributed by atoms with Crippen LogP contribution in [0, 0.1) is 0 Å². The van der Waals surface area contributed by atoms with Gasteiger partial charge in [0.2, 0.25) is 0 Å². The van der Waals surface area contributed by atoms with Crippen LogP contribution in [-0.2, 0) is 14.3 Å². The van der Waals surface area contributed by atoms with Gasteiger partial charge in [-0.05, 0) is 37.2 Å². The molecule has 1 heterocycles. The van der Waals surface area contributed by atoms with Gasteiger partial charge in [0, 0.05) is 12.1 Å². The SMILES string of the molecule is CCCCN1C(=O)S/C(=C/c2ccccc2OCC(=O)OCC)C1=O. The minimum atomic E-state index is -0.461. The second-order valence-corrected chi connectivity index (χ2v) is 6.31. The highest BCUT2D eigenvalue weighted by Crippen LogP contribution is 2.34. The van der Waals surface area contributed by atoms with E-state index in [1.54, 1.807) is 37.3 Å². The molecule has 0 spiro atoms. The summed E-state index contributed by atoms with van der Waals surface area (Å²) in [5.74, 6) is -0.295. The van der Waals surface area contributed by atoms with E-state index >= 15 is 0 Å². The Hall–Kier alpha value is -2.28. The van der Waals surface area contributed by atoms with E-state index < -0.39 is 5.97 Å². The van der Waals surface area contributed by atoms with Crippen LogP contribution in [0.1, 0.15) is 32.3 Å². The molecule has 0 unspecified atom stereocenters. The van der Waals surface area contributed by atoms with E-state index in [2.05, 4.69) is 0 Å². The van der Waals surface area contributed by atoms with E-state index in [0.29, 0.717) is 22.8 Å². The lowest BCUT2D eigenvalue weighted by Crippen LogP contribution is -2.29. The van der Waals surface area contributed by atoms with Gasteiger partial charge in [0.1, 0.15) is 5.75 Å². The quantitative estimate of drug-likeness (QED) is 0.520. The Morgan fingerprint density at radius 1 is 1.24 bits per heavy atom. The van der Waals surface area contributed by atoms with Gasteiger partial charge in [-0.25, -0.2) is 4.79 Å². The summed E-state index contributed by atoms with van der Waals surface area (Å²) in [6, 6.07) is 7.03. The van der Waals surface area contributed by atoms with Gasteiger partial charge in [0.05, 0.1) is 11.5 Å². The maximum atomic E-state index is 12.4. The van der Waals surface area contributed by atoms with Crippen LogP contribution in [0.3, 0.4) is 0 Å². The molecule has 1 aromatic rings. The average Bonchev–Trinajstić information content (AvgIpc) is 2.86. The summed E-state index contributed by atoms with van der Waals surface area (Å²) in [5, 5.41) is -0.255. The van der Waals surface area contributed by atoms with Crippen LogP contribution in [0.2, 0.25) is 0 Å². The van der Waals surface area contributed by atoms with Crippen molar-refractivity contribution in [3.05, 3.63) is 34.7 Å². The number of benzene rings is 1. The summed E-state index contributed by atoms with van der Waals surface area (Å²) in [6.45, 7) is 4.23. The molecule has 2 rings (SSSR count). The van der Waals surface area contributed by atoms with Crippen LogP contribution in [0.15, 0.2) is 29.2 Å². The fraction of sp³-hybridized carbons (Fsp3) is 0.389. The van der Waals surface area contributed by atoms with Crippen LogP contribution in [0.5, 0.6) is 5.75 Å². The van der Waals surface area contributed by atoms with Crippen molar-refractivity contribution in [3.8, 4) is 5.75 Å². The van der Waals surface area contributed by atoms with Crippen molar-refractivity contribution in [3.63, 3.8) is 0 Å². The highest BCUT2D eigenvalue weighted by Gasteiger charge is 2.34. The molecule has 25 heavy (non-hydrogen) atoms. The van der Waals surface area contributed by atoms with E-state index in [1.807, 2.05) is 6.92 Å². The van der Waals surface area contributed by atoms with Crippen LogP contribution < -0.4 is 4.74 Å². The Kier molecular flexibility index (Phi) is 7.06. The van der Waals surface area contributed by atoms with Gasteiger partial charge in [-0.3, -0.25) is 14.5 Å². The van der Waals surface area contributed by atoms with E-state index in [-0.39, 0.29) is 24.4 Å². The number of ether oxygens (including phenoxy) is 2. The van der Waals surface area contributed by atoms with Crippen LogP contribution in [0.25, 0.3) is 6.08 Å². The number of amides is 2. The summed E-state index contributed by atoms with van der Waals surface area (Å²) >= 11 is 0.920. The predicted octanol–water partition coefficient (Wildman–Crippen LogP) is 3.46. The number of unbranched alkanes of at least 4 members (excludes halogenated alkanes) is 1. The zero-order chi connectivity index (χ0) is 18.2. The topological polar surface area (TPSA) is 72.9 Å². The van der Waals surface area contributed by atoms with Gasteiger partial charge in [-0.15, -0.1) is 0 Å². The standard InChI is InChI=1S/C18H21NO5S/c1-3-5-10-19-17(21)15(25-18(19)22)11-13-8-6-7-9-14(13)24-12-16(20)23-4-2/h6-9,11H,3-5,10,12H2,1-2H3/b15-11+. The number of nitrogens with zero attached hydrogens (tertiary/aromatic N) is 1. The average molecular weight is 363 g/mol. The highest BCUT2D eigenvalue weighted by atomic mass is 32.2. The zero-order valence-corrected chi connectivity index (χ0v) is 15.1. The first-order valence-electron chi connectivity index (χ1n) is 8.19. The van der Waals surface area contributed by atoms with E-state index in [1.165, 1.54) is 4.90 Å². The molecule has 0 bridgehead atoms. The Bertz CT molecular complexity index is 686. The second-order valence-electron chi connectivity index (χ2n) is 5.32. The van der Waals surface area contributed by atoms with Crippen molar-refractivity contribution in [1.29, 1.82) is 0 Å². The van der Waals surface area contributed by atoms with E-state index in [4.69, 9.17) is 9.47 Å². The monoisotopic (exact) mass is 363 g/mol. The van der Waals surface area contributed by atoms with E-state index in [9.17, 15) is 14.4 Å². The summed E-state index contributed by atoms with van der Waals surface area (Å²) in [5.41, 5.74) is 0.632. The molecule has 0 atom stereocenters. The first-order chi connectivity index (χ1) is 12.1. The van der Waals surface area contributed by atoms with Gasteiger partial charge in [-0.2, -0.15) is 0 Å². The Morgan fingerprint density at radius 2 is 2.00 bits per heavy atom. The minimum Gasteiger partial charge on any atom is -0.481 e. The molecule has 0 N–H and O–H groups in total. The molecule has 1 fully saturated rings. The fourth-order valence-electron chi connectivity index (χ4n) is 2.22. The van der Waals surface area contributed by atoms with Crippen molar-refractivity contribution in [1.82, 2.24) is 4.90 Å². The molecule has 2 amide bonds. The highest BCUT2D eigenvalue weighted by molar-refractivity contribution is 8.18. The van der Waals surface area contributed by atoms with Crippen LogP contribution in [-0.4, -0.2) is 41.8 Å². The molecule has 0 saturated carbocycles. The molecule has 7 heteroatoms. The third kappa shape index (κ3) is 5.09. The molecule has 1 aliphatic heterocycles. The Morgan fingerprint density at radius 3 is 2.72 bits per heavy atom. The Balaban J connectivity index is 2.14. The molecule has 1 aliphatic rings. The van der Waals surface area contributed by atoms with Crippen LogP contribution in [0.4, 0.5) is 4.79 Å². The number of rotatable bonds is 8. The first kappa shape index (κ1) is 19.1. The number of esters is 1. The third-order valence-corrected chi connectivity index (χ3v) is 4.37. The molecule has 134 valence electrons. The molecule has 0 aromatic heterocycles. The lowest BCUT2D eigenvalue weighted by molar-refractivity contribution is -0.145. The molecule has 1 saturated heterocycles. The number of imide groups is 1. The predicted molar refractivity (Wildman–Crippen MR) is 96.2 cm³/mol. The normalized spacial score (nSPS) is 15.8. The number of hydrogen-bond acceptors (Lipinski definition) is 6. The van der Waals surface area contributed by atoms with E-state index in [0.717, 1.165) is 24.6 Å². The smallest absolute Gasteiger partial charge is 0.344 e. The van der Waals surface area contributed by atoms with Crippen molar-refractivity contribution in [2.45, 2.75) is 26.7 Å². The van der Waals surface area contributed by atoms with Crippen molar-refractivity contribution in [2.75, 3.05) is 19.8 Å². The number of thioether (sulfide) groups is 1. The van der Waals surface area contributed by atoms with Gasteiger partial charge >= 0.3 is 5.97 Å². The summed E-state index contributed by atoms with van der Waals surface area (Å²) < 4.78 is 10.3. The van der Waals surface area contributed by atoms with Crippen molar-refractivity contribution >= 4 is 35.0 Å². The third-order valence-electron chi connectivity index (χ3n) is 3.47. The molecule has 1 aromatic carbocycles. The summed E-state index contributed by atoms with van der Waals surface area (Å²) in [7, 11) is 0. The largest absolute Gasteiger partial charge is 0.481 e. The first-order valence-corrected chi connectivity index (χ1v) is 9.01. The molecule has 0 radical (unpaired) electrons. The van der Waals surface area contributed by atoms with Gasteiger partial charge in [0.25, 0.3) is 11.1 Å². The molecular formula is C18H21NO5S. The maximum absolute atomic E-state index is 12.4. The summed E-state index contributed by atoms with van der Waals surface area (Å²) in [4.78, 5) is 37.4. The van der Waals surface area contributed by atoms with Crippen LogP contribution >= 0.6 is 11.8 Å². The number of hydrogen-bond donors (Lipinski definition) is 0. The zero-order valence-electron chi connectivity index (χ0n) is 14.3. The van der Waals surface area contributed by atoms with Crippen molar-refractivity contribution < 1.29 is 23.9 Å². The lowest BCUT2D eigenvalue weighted by Gasteiger charge is -2.11. The minimum absolute atomic E-state index is 0.212. The number of para-hydroxylation sites is 1. The lowest BCUT2D eigenvalue weighted by atomic mass is 10.2. The maximum Gasteiger partial charge on any atom is 0.344 e. The fourth-order valence-corrected chi connectivity index (χ4v) is 3.08. The number of carbonyl (C=O) groups is 3. The molecular weight excluding hydrogens is 342 g/mol. The molecule has 0 aliphatic carbocycles. The number of carbonyl (C=O) groups excluding carboxylic acids is 3. The van der Waals surface area contributed by atoms with Crippen molar-refractivity contribution in [2.24, 2.45) is 0 Å². The summed E-state index contributed by atoms with van der Waals surface area (Å²) in [6.07, 6.45) is 3.31. The van der Waals surface area contributed by atoms with Gasteiger partial charge in [0.15, 0.2) is 6.61 Å². The Labute approximate surface area is 151 Å². The van der Waals surface area contributed by atoms with Gasteiger partial charge < -0.3 is 9.47 Å². The van der Waals surface area contributed by atoms with Gasteiger partial charge in [-0.1, -0.05) is 31.5 Å². The molecule has 6 nitrogen and oxygen atoms in total. The second kappa shape index (κ2) is 9.27.